The number of rotatable bonds is 3. The molecule has 0 radical (unpaired) electrons. The summed E-state index contributed by atoms with van der Waals surface area (Å²) >= 11 is 0. The molecule has 0 aromatic carbocycles. The van der Waals surface area contributed by atoms with Gasteiger partial charge in [0.25, 0.3) is 0 Å². The van der Waals surface area contributed by atoms with E-state index in [1.807, 2.05) is 0 Å². The van der Waals surface area contributed by atoms with Gasteiger partial charge in [-0.05, 0) is 37.3 Å². The number of hydrogen-bond donors (Lipinski definition) is 1. The third kappa shape index (κ3) is 4.40. The maximum absolute atomic E-state index is 6.19. The Labute approximate surface area is 119 Å². The largest absolute Gasteiger partial charge is 0.327 e. The minimum Gasteiger partial charge on any atom is -0.327 e. The van der Waals surface area contributed by atoms with Crippen LogP contribution in [0.4, 0.5) is 0 Å². The van der Waals surface area contributed by atoms with E-state index in [4.69, 9.17) is 5.73 Å². The second-order valence-electron chi connectivity index (χ2n) is 6.95. The van der Waals surface area contributed by atoms with Crippen molar-refractivity contribution in [2.24, 2.45) is 17.1 Å². The number of halogens is 1. The molecule has 2 aliphatic rings. The maximum atomic E-state index is 6.19. The van der Waals surface area contributed by atoms with E-state index in [1.165, 1.54) is 64.6 Å². The normalized spacial score (nSPS) is 29.8. The van der Waals surface area contributed by atoms with Crippen LogP contribution in [0.1, 0.15) is 58.8 Å². The summed E-state index contributed by atoms with van der Waals surface area (Å²) in [6.07, 6.45) is 9.99. The molecule has 3 heteroatoms. The summed E-state index contributed by atoms with van der Waals surface area (Å²) in [7, 11) is 0. The van der Waals surface area contributed by atoms with Crippen LogP contribution in [0.25, 0.3) is 0 Å². The zero-order valence-corrected chi connectivity index (χ0v) is 13.0. The molecule has 2 rings (SSSR count). The van der Waals surface area contributed by atoms with Gasteiger partial charge in [0.2, 0.25) is 0 Å². The number of nitrogens with zero attached hydrogens (tertiary/aromatic N) is 1. The summed E-state index contributed by atoms with van der Waals surface area (Å²) in [6.45, 7) is 8.37. The molecule has 0 bridgehead atoms. The van der Waals surface area contributed by atoms with E-state index in [0.717, 1.165) is 5.92 Å². The molecule has 1 heterocycles. The van der Waals surface area contributed by atoms with Crippen LogP contribution in [0.15, 0.2) is 0 Å². The van der Waals surface area contributed by atoms with Crippen molar-refractivity contribution in [2.45, 2.75) is 64.8 Å². The van der Waals surface area contributed by atoms with Gasteiger partial charge in [-0.2, -0.15) is 0 Å². The van der Waals surface area contributed by atoms with Gasteiger partial charge in [-0.15, -0.1) is 12.4 Å². The Morgan fingerprint density at radius 2 is 1.78 bits per heavy atom. The number of hydrogen-bond acceptors (Lipinski definition) is 2. The van der Waals surface area contributed by atoms with E-state index in [1.54, 1.807) is 0 Å². The molecule has 1 saturated heterocycles. The molecule has 1 aliphatic heterocycles. The lowest BCUT2D eigenvalue weighted by molar-refractivity contribution is 0.0883. The van der Waals surface area contributed by atoms with E-state index in [9.17, 15) is 0 Å². The van der Waals surface area contributed by atoms with Crippen LogP contribution >= 0.6 is 12.4 Å². The fraction of sp³-hybridized carbons (Fsp3) is 1.00. The van der Waals surface area contributed by atoms with Crippen molar-refractivity contribution in [3.63, 3.8) is 0 Å². The van der Waals surface area contributed by atoms with Crippen LogP contribution in [0, 0.1) is 11.3 Å². The Hall–Kier alpha value is 0.210. The molecule has 0 spiro atoms. The summed E-state index contributed by atoms with van der Waals surface area (Å²) in [5, 5.41) is 0. The molecular formula is C15H31ClN2. The first-order valence-corrected chi connectivity index (χ1v) is 7.56. The summed E-state index contributed by atoms with van der Waals surface area (Å²) in [6, 6.07) is 0.397. The van der Waals surface area contributed by atoms with Gasteiger partial charge >= 0.3 is 0 Å². The topological polar surface area (TPSA) is 29.3 Å². The van der Waals surface area contributed by atoms with Crippen LogP contribution in [-0.2, 0) is 0 Å². The molecule has 1 atom stereocenters. The second kappa shape index (κ2) is 7.12. The van der Waals surface area contributed by atoms with E-state index in [-0.39, 0.29) is 12.4 Å². The monoisotopic (exact) mass is 274 g/mol. The van der Waals surface area contributed by atoms with E-state index in [2.05, 4.69) is 18.7 Å². The second-order valence-corrected chi connectivity index (χ2v) is 6.95. The highest BCUT2D eigenvalue weighted by Crippen LogP contribution is 2.30. The van der Waals surface area contributed by atoms with Crippen molar-refractivity contribution in [3.05, 3.63) is 0 Å². The molecule has 1 aliphatic carbocycles. The number of nitrogens with two attached hydrogens (primary N) is 1. The van der Waals surface area contributed by atoms with Crippen molar-refractivity contribution < 1.29 is 0 Å². The Kier molecular flexibility index (Phi) is 6.43. The van der Waals surface area contributed by atoms with E-state index < -0.39 is 0 Å². The Morgan fingerprint density at radius 1 is 1.11 bits per heavy atom. The van der Waals surface area contributed by atoms with Crippen LogP contribution in [0.5, 0.6) is 0 Å². The summed E-state index contributed by atoms with van der Waals surface area (Å²) in [5.74, 6) is 1.02. The molecule has 1 unspecified atom stereocenters. The summed E-state index contributed by atoms with van der Waals surface area (Å²) in [4.78, 5) is 2.65. The smallest absolute Gasteiger partial charge is 0.0115 e. The molecule has 2 fully saturated rings. The molecule has 0 aromatic heterocycles. The Bertz CT molecular complexity index is 237. The average Bonchev–Trinajstić information content (AvgIpc) is 2.32. The predicted octanol–water partition coefficient (Wildman–Crippen LogP) is 3.44. The standard InChI is InChI=1S/C15H30N2.ClH/c1-15(2)12-17(11-9-14(15)16)10-8-13-6-4-3-5-7-13;/h13-14H,3-12,16H2,1-2H3;1H. The van der Waals surface area contributed by atoms with Crippen molar-refractivity contribution in [2.75, 3.05) is 19.6 Å². The first kappa shape index (κ1) is 16.3. The van der Waals surface area contributed by atoms with Gasteiger partial charge in [0.05, 0.1) is 0 Å². The fourth-order valence-electron chi connectivity index (χ4n) is 3.52. The summed E-state index contributed by atoms with van der Waals surface area (Å²) < 4.78 is 0. The van der Waals surface area contributed by atoms with Gasteiger partial charge in [0, 0.05) is 12.6 Å². The van der Waals surface area contributed by atoms with Gasteiger partial charge < -0.3 is 10.6 Å². The van der Waals surface area contributed by atoms with Gasteiger partial charge in [-0.3, -0.25) is 0 Å². The molecule has 2 nitrogen and oxygen atoms in total. The minimum absolute atomic E-state index is 0. The zero-order valence-electron chi connectivity index (χ0n) is 12.2. The number of likely N-dealkylation sites (tertiary alicyclic amines) is 1. The molecule has 108 valence electrons. The van der Waals surface area contributed by atoms with Gasteiger partial charge in [-0.25, -0.2) is 0 Å². The molecule has 18 heavy (non-hydrogen) atoms. The quantitative estimate of drug-likeness (QED) is 0.854. The molecule has 1 saturated carbocycles. The zero-order chi connectivity index (χ0) is 12.3. The highest BCUT2D eigenvalue weighted by molar-refractivity contribution is 5.85. The number of piperidine rings is 1. The maximum Gasteiger partial charge on any atom is 0.0115 e. The van der Waals surface area contributed by atoms with Crippen LogP contribution < -0.4 is 5.73 Å². The molecule has 0 aromatic rings. The fourth-order valence-corrected chi connectivity index (χ4v) is 3.52. The SMILES string of the molecule is CC1(C)CN(CCC2CCCCC2)CCC1N.Cl. The highest BCUT2D eigenvalue weighted by Gasteiger charge is 2.33. The van der Waals surface area contributed by atoms with Crippen molar-refractivity contribution in [1.29, 1.82) is 0 Å². The van der Waals surface area contributed by atoms with Crippen LogP contribution in [-0.4, -0.2) is 30.6 Å². The lowest BCUT2D eigenvalue weighted by Crippen LogP contribution is -2.52. The third-order valence-corrected chi connectivity index (χ3v) is 4.97. The Morgan fingerprint density at radius 3 is 2.39 bits per heavy atom. The highest BCUT2D eigenvalue weighted by atomic mass is 35.5. The van der Waals surface area contributed by atoms with Crippen molar-refractivity contribution in [3.8, 4) is 0 Å². The van der Waals surface area contributed by atoms with E-state index in [0.29, 0.717) is 11.5 Å². The minimum atomic E-state index is 0. The van der Waals surface area contributed by atoms with Gasteiger partial charge in [-0.1, -0.05) is 46.0 Å². The van der Waals surface area contributed by atoms with Crippen LogP contribution in [0.3, 0.4) is 0 Å². The first-order chi connectivity index (χ1) is 8.08. The van der Waals surface area contributed by atoms with Gasteiger partial charge in [0.15, 0.2) is 0 Å². The van der Waals surface area contributed by atoms with Crippen molar-refractivity contribution >= 4 is 12.4 Å². The molecule has 2 N–H and O–H groups in total. The Balaban J connectivity index is 0.00000162. The van der Waals surface area contributed by atoms with E-state index >= 15 is 0 Å². The lowest BCUT2D eigenvalue weighted by atomic mass is 9.79. The van der Waals surface area contributed by atoms with Crippen LogP contribution in [0.2, 0.25) is 0 Å². The summed E-state index contributed by atoms with van der Waals surface area (Å²) in [5.41, 5.74) is 6.50. The molecular weight excluding hydrogens is 244 g/mol. The van der Waals surface area contributed by atoms with Crippen molar-refractivity contribution in [1.82, 2.24) is 4.90 Å². The lowest BCUT2D eigenvalue weighted by Gasteiger charge is -2.43. The predicted molar refractivity (Wildman–Crippen MR) is 81.3 cm³/mol. The average molecular weight is 275 g/mol. The molecule has 0 amide bonds. The first-order valence-electron chi connectivity index (χ1n) is 7.56. The third-order valence-electron chi connectivity index (χ3n) is 4.97. The van der Waals surface area contributed by atoms with Gasteiger partial charge in [0.1, 0.15) is 0 Å².